The normalized spacial score (nSPS) is 12.4. The van der Waals surface area contributed by atoms with E-state index in [9.17, 15) is 0 Å². The monoisotopic (exact) mass is 284 g/mol. The first-order chi connectivity index (χ1) is 9.86. The second-order valence-corrected chi connectivity index (χ2v) is 5.54. The molecule has 0 radical (unpaired) electrons. The third kappa shape index (κ3) is 2.79. The van der Waals surface area contributed by atoms with Crippen LogP contribution in [0.15, 0.2) is 48.1 Å². The number of thiophene rings is 1. The van der Waals surface area contributed by atoms with Gasteiger partial charge in [-0.3, -0.25) is 0 Å². The Kier molecular flexibility index (Phi) is 3.90. The van der Waals surface area contributed by atoms with Crippen LogP contribution in [0.25, 0.3) is 10.2 Å². The number of benzene rings is 1. The predicted molar refractivity (Wildman–Crippen MR) is 84.0 cm³/mol. The van der Waals surface area contributed by atoms with E-state index < -0.39 is 0 Å². The van der Waals surface area contributed by atoms with Gasteiger partial charge in [0, 0.05) is 12.6 Å². The van der Waals surface area contributed by atoms with E-state index in [0.717, 1.165) is 22.5 Å². The van der Waals surface area contributed by atoms with Gasteiger partial charge < -0.3 is 11.1 Å². The van der Waals surface area contributed by atoms with Gasteiger partial charge in [-0.15, -0.1) is 11.3 Å². The quantitative estimate of drug-likeness (QED) is 0.756. The zero-order valence-electron chi connectivity index (χ0n) is 11.0. The number of rotatable bonds is 5. The van der Waals surface area contributed by atoms with Gasteiger partial charge in [0.2, 0.25) is 0 Å². The summed E-state index contributed by atoms with van der Waals surface area (Å²) in [6.07, 6.45) is 2.47. The summed E-state index contributed by atoms with van der Waals surface area (Å²) in [5, 5.41) is 5.47. The maximum atomic E-state index is 5.89. The molecule has 20 heavy (non-hydrogen) atoms. The van der Waals surface area contributed by atoms with Gasteiger partial charge in [-0.1, -0.05) is 30.3 Å². The fourth-order valence-corrected chi connectivity index (χ4v) is 2.97. The second kappa shape index (κ2) is 5.98. The molecule has 0 spiro atoms. The van der Waals surface area contributed by atoms with Gasteiger partial charge in [0.05, 0.1) is 10.2 Å². The Hall–Kier alpha value is -1.98. The number of anilines is 1. The first-order valence-corrected chi connectivity index (χ1v) is 7.43. The molecule has 1 unspecified atom stereocenters. The van der Waals surface area contributed by atoms with Crippen LogP contribution >= 0.6 is 11.3 Å². The average Bonchev–Trinajstić information content (AvgIpc) is 2.97. The second-order valence-electron chi connectivity index (χ2n) is 4.62. The molecule has 3 N–H and O–H groups in total. The van der Waals surface area contributed by atoms with Crippen LogP contribution in [0, 0.1) is 0 Å². The maximum absolute atomic E-state index is 5.89. The summed E-state index contributed by atoms with van der Waals surface area (Å²) in [5.41, 5.74) is 8.13. The van der Waals surface area contributed by atoms with E-state index in [-0.39, 0.29) is 6.04 Å². The molecule has 0 saturated carbocycles. The van der Waals surface area contributed by atoms with Crippen LogP contribution < -0.4 is 11.1 Å². The van der Waals surface area contributed by atoms with Crippen molar-refractivity contribution in [3.8, 4) is 0 Å². The van der Waals surface area contributed by atoms with Crippen molar-refractivity contribution in [3.05, 3.63) is 53.7 Å². The number of nitrogens with zero attached hydrogens (tertiary/aromatic N) is 2. The van der Waals surface area contributed by atoms with Crippen LogP contribution in [0.5, 0.6) is 0 Å². The van der Waals surface area contributed by atoms with Crippen molar-refractivity contribution in [1.82, 2.24) is 9.97 Å². The lowest BCUT2D eigenvalue weighted by Gasteiger charge is -2.17. The molecule has 2 aromatic heterocycles. The number of aromatic nitrogens is 2. The Labute approximate surface area is 121 Å². The maximum Gasteiger partial charge on any atom is 0.147 e. The van der Waals surface area contributed by atoms with Gasteiger partial charge in [-0.2, -0.15) is 0 Å². The lowest BCUT2D eigenvalue weighted by molar-refractivity contribution is 0.721. The highest BCUT2D eigenvalue weighted by molar-refractivity contribution is 7.17. The number of nitrogens with one attached hydrogen (secondary N) is 1. The SMILES string of the molecule is NCC(Cc1ccccc1)Nc1ncnc2ccsc12. The van der Waals surface area contributed by atoms with Crippen LogP contribution in [-0.4, -0.2) is 22.6 Å². The van der Waals surface area contributed by atoms with Crippen molar-refractivity contribution >= 4 is 27.4 Å². The van der Waals surface area contributed by atoms with E-state index in [4.69, 9.17) is 5.73 Å². The third-order valence-corrected chi connectivity index (χ3v) is 4.10. The number of hydrogen-bond acceptors (Lipinski definition) is 5. The molecule has 0 amide bonds. The van der Waals surface area contributed by atoms with Crippen LogP contribution in [-0.2, 0) is 6.42 Å². The summed E-state index contributed by atoms with van der Waals surface area (Å²) < 4.78 is 1.08. The fourth-order valence-electron chi connectivity index (χ4n) is 2.18. The summed E-state index contributed by atoms with van der Waals surface area (Å²) in [6.45, 7) is 0.561. The highest BCUT2D eigenvalue weighted by Crippen LogP contribution is 2.25. The molecular formula is C15H16N4S. The zero-order chi connectivity index (χ0) is 13.8. The Morgan fingerprint density at radius 1 is 1.15 bits per heavy atom. The van der Waals surface area contributed by atoms with Crippen molar-refractivity contribution in [2.45, 2.75) is 12.5 Å². The summed E-state index contributed by atoms with van der Waals surface area (Å²) >= 11 is 1.64. The van der Waals surface area contributed by atoms with Crippen molar-refractivity contribution in [2.24, 2.45) is 5.73 Å². The first-order valence-electron chi connectivity index (χ1n) is 6.55. The minimum atomic E-state index is 0.164. The lowest BCUT2D eigenvalue weighted by Crippen LogP contribution is -2.31. The molecule has 1 aromatic carbocycles. The molecule has 0 fully saturated rings. The molecule has 3 rings (SSSR count). The smallest absolute Gasteiger partial charge is 0.147 e. The van der Waals surface area contributed by atoms with Crippen LogP contribution in [0.1, 0.15) is 5.56 Å². The minimum absolute atomic E-state index is 0.164. The fraction of sp³-hybridized carbons (Fsp3) is 0.200. The summed E-state index contributed by atoms with van der Waals surface area (Å²) in [4.78, 5) is 8.59. The van der Waals surface area contributed by atoms with E-state index >= 15 is 0 Å². The van der Waals surface area contributed by atoms with Crippen molar-refractivity contribution in [3.63, 3.8) is 0 Å². The Morgan fingerprint density at radius 2 is 2.00 bits per heavy atom. The van der Waals surface area contributed by atoms with Crippen molar-refractivity contribution in [2.75, 3.05) is 11.9 Å². The molecule has 102 valence electrons. The molecular weight excluding hydrogens is 268 g/mol. The molecule has 2 heterocycles. The Morgan fingerprint density at radius 3 is 2.80 bits per heavy atom. The molecule has 0 aliphatic rings. The summed E-state index contributed by atoms with van der Waals surface area (Å²) in [5.74, 6) is 0.872. The van der Waals surface area contributed by atoms with Gasteiger partial charge in [0.1, 0.15) is 12.1 Å². The number of hydrogen-bond donors (Lipinski definition) is 2. The van der Waals surface area contributed by atoms with Crippen molar-refractivity contribution in [1.29, 1.82) is 0 Å². The molecule has 0 aliphatic heterocycles. The predicted octanol–water partition coefficient (Wildman–Crippen LogP) is 2.67. The van der Waals surface area contributed by atoms with Gasteiger partial charge in [-0.05, 0) is 23.4 Å². The highest BCUT2D eigenvalue weighted by Gasteiger charge is 2.11. The molecule has 5 heteroatoms. The molecule has 0 saturated heterocycles. The average molecular weight is 284 g/mol. The third-order valence-electron chi connectivity index (χ3n) is 3.19. The van der Waals surface area contributed by atoms with E-state index in [2.05, 4.69) is 27.4 Å². The molecule has 0 aliphatic carbocycles. The minimum Gasteiger partial charge on any atom is -0.364 e. The van der Waals surface area contributed by atoms with E-state index in [0.29, 0.717) is 6.54 Å². The number of fused-ring (bicyclic) bond motifs is 1. The molecule has 4 nitrogen and oxygen atoms in total. The van der Waals surface area contributed by atoms with E-state index in [1.807, 2.05) is 29.6 Å². The topological polar surface area (TPSA) is 63.8 Å². The molecule has 3 aromatic rings. The van der Waals surface area contributed by atoms with Crippen LogP contribution in [0.2, 0.25) is 0 Å². The standard InChI is InChI=1S/C15H16N4S/c16-9-12(8-11-4-2-1-3-5-11)19-15-14-13(6-7-20-14)17-10-18-15/h1-7,10,12H,8-9,16H2,(H,17,18,19). The van der Waals surface area contributed by atoms with Crippen molar-refractivity contribution < 1.29 is 0 Å². The van der Waals surface area contributed by atoms with E-state index in [1.54, 1.807) is 17.7 Å². The first kappa shape index (κ1) is 13.0. The van der Waals surface area contributed by atoms with Gasteiger partial charge in [0.25, 0.3) is 0 Å². The Balaban J connectivity index is 1.79. The molecule has 1 atom stereocenters. The van der Waals surface area contributed by atoms with Gasteiger partial charge in [-0.25, -0.2) is 9.97 Å². The lowest BCUT2D eigenvalue weighted by atomic mass is 10.1. The Bertz CT molecular complexity index is 680. The van der Waals surface area contributed by atoms with Gasteiger partial charge in [0.15, 0.2) is 0 Å². The number of nitrogens with two attached hydrogens (primary N) is 1. The van der Waals surface area contributed by atoms with Gasteiger partial charge >= 0.3 is 0 Å². The molecule has 0 bridgehead atoms. The highest BCUT2D eigenvalue weighted by atomic mass is 32.1. The summed E-state index contributed by atoms with van der Waals surface area (Å²) in [7, 11) is 0. The van der Waals surface area contributed by atoms with Crippen LogP contribution in [0.3, 0.4) is 0 Å². The largest absolute Gasteiger partial charge is 0.364 e. The summed E-state index contributed by atoms with van der Waals surface area (Å²) in [6, 6.07) is 12.5. The van der Waals surface area contributed by atoms with E-state index in [1.165, 1.54) is 5.56 Å². The van der Waals surface area contributed by atoms with Crippen LogP contribution in [0.4, 0.5) is 5.82 Å². The zero-order valence-corrected chi connectivity index (χ0v) is 11.8.